The maximum Gasteiger partial charge on any atom is 0.271 e. The summed E-state index contributed by atoms with van der Waals surface area (Å²) in [4.78, 5) is 104. The number of hydrogen-bond donors (Lipinski definition) is 6. The van der Waals surface area contributed by atoms with Crippen LogP contribution in [0.3, 0.4) is 0 Å². The fourth-order valence-electron chi connectivity index (χ4n) is 7.67. The molecule has 8 aromatic rings. The third-order valence-electron chi connectivity index (χ3n) is 11.4. The topological polar surface area (TPSA) is 282 Å². The van der Waals surface area contributed by atoms with Crippen molar-refractivity contribution < 1.29 is 33.8 Å². The standard InChI is InChI=1S/C47H45N13O7S6/c1-21(2)33-46-59-36(30(73-46)17-67-5)40(65)51-16-32(62)60(48)37(38(63)23-9-7-6-8-10-23)47-56-29(20-71-47)44-54-27(18-70-44)35-24(11-12-25(52-35)43-50-13-14-68-43)42-55-28(19-69-42)39(64)53-26(15-31(61)49-4)45-58-34(22(3)72-45)41(66)57-33/h6-14,18-21,26,33,37-38,63H,15-17,48H2,1-5H3,(H,49,61)(H,51,65)(H,53,64)(H,57,66)/t26-,33-,37-,38-/m0/s1. The van der Waals surface area contributed by atoms with Gasteiger partial charge in [-0.15, -0.1) is 68.0 Å². The number of nitrogens with zero attached hydrogens (tertiary/aromatic N) is 8. The first kappa shape index (κ1) is 51.3. The molecule has 0 saturated heterocycles. The molecule has 7 N–H and O–H groups in total. The summed E-state index contributed by atoms with van der Waals surface area (Å²) in [5.41, 5.74) is 3.16. The third-order valence-corrected chi connectivity index (χ3v) is 17.1. The van der Waals surface area contributed by atoms with E-state index in [1.165, 1.54) is 70.8 Å². The van der Waals surface area contributed by atoms with Crippen molar-refractivity contribution in [3.05, 3.63) is 118 Å². The number of aliphatic hydroxyl groups is 1. The molecule has 0 radical (unpaired) electrons. The van der Waals surface area contributed by atoms with Crippen molar-refractivity contribution in [2.75, 3.05) is 20.7 Å². The number of methoxy groups -OCH3 is 1. The minimum Gasteiger partial charge on any atom is -0.386 e. The summed E-state index contributed by atoms with van der Waals surface area (Å²) in [7, 11) is 2.95. The van der Waals surface area contributed by atoms with Crippen LogP contribution in [0, 0.1) is 12.8 Å². The van der Waals surface area contributed by atoms with Gasteiger partial charge < -0.3 is 31.1 Å². The van der Waals surface area contributed by atoms with Crippen LogP contribution in [0.15, 0.2) is 70.2 Å². The van der Waals surface area contributed by atoms with E-state index in [1.54, 1.807) is 54.2 Å². The lowest BCUT2D eigenvalue weighted by molar-refractivity contribution is -0.136. The van der Waals surface area contributed by atoms with E-state index in [4.69, 9.17) is 30.5 Å². The minimum absolute atomic E-state index is 0.000356. The van der Waals surface area contributed by atoms with Crippen molar-refractivity contribution in [2.45, 2.75) is 58.0 Å². The van der Waals surface area contributed by atoms with Crippen LogP contribution < -0.4 is 27.1 Å². The van der Waals surface area contributed by atoms with Gasteiger partial charge in [0.2, 0.25) is 5.91 Å². The summed E-state index contributed by atoms with van der Waals surface area (Å²) in [5, 5.41) is 33.7. The van der Waals surface area contributed by atoms with Gasteiger partial charge in [0.1, 0.15) is 76.4 Å². The lowest BCUT2D eigenvalue weighted by atomic mass is 10.0. The van der Waals surface area contributed by atoms with Gasteiger partial charge in [-0.2, -0.15) is 0 Å². The number of nitrogens with two attached hydrogens (primary N) is 1. The van der Waals surface area contributed by atoms with Gasteiger partial charge in [0, 0.05) is 52.3 Å². The molecular formula is C47H45N13O7S6. The number of hydrogen-bond acceptors (Lipinski definition) is 21. The van der Waals surface area contributed by atoms with Crippen molar-refractivity contribution in [3.8, 4) is 43.4 Å². The molecule has 0 fully saturated rings. The van der Waals surface area contributed by atoms with Crippen molar-refractivity contribution in [1.29, 1.82) is 0 Å². The Hall–Kier alpha value is -6.62. The van der Waals surface area contributed by atoms with E-state index in [-0.39, 0.29) is 41.9 Å². The van der Waals surface area contributed by atoms with E-state index >= 15 is 0 Å². The lowest BCUT2D eigenvalue weighted by Gasteiger charge is -2.30. The Morgan fingerprint density at radius 3 is 2.27 bits per heavy atom. The monoisotopic (exact) mass is 1100 g/mol. The molecule has 5 amide bonds. The molecule has 8 heterocycles. The highest BCUT2D eigenvalue weighted by atomic mass is 32.1. The number of fused-ring (bicyclic) bond motifs is 14. The molecule has 73 heavy (non-hydrogen) atoms. The van der Waals surface area contributed by atoms with E-state index in [2.05, 4.69) is 36.2 Å². The van der Waals surface area contributed by atoms with Gasteiger partial charge in [-0.05, 0) is 30.5 Å². The van der Waals surface area contributed by atoms with Crippen LogP contribution in [-0.4, -0.2) is 95.2 Å². The van der Waals surface area contributed by atoms with Gasteiger partial charge in [0.05, 0.1) is 42.2 Å². The summed E-state index contributed by atoms with van der Waals surface area (Å²) < 4.78 is 5.44. The molecule has 376 valence electrons. The van der Waals surface area contributed by atoms with E-state index in [0.29, 0.717) is 73.7 Å². The van der Waals surface area contributed by atoms with Crippen molar-refractivity contribution in [1.82, 2.24) is 61.2 Å². The van der Waals surface area contributed by atoms with Crippen LogP contribution in [0.2, 0.25) is 0 Å². The predicted molar refractivity (Wildman–Crippen MR) is 280 cm³/mol. The maximum absolute atomic E-state index is 14.2. The normalized spacial score (nSPS) is 17.2. The molecule has 4 atom stereocenters. The Morgan fingerprint density at radius 1 is 0.795 bits per heavy atom. The number of nitrogens with one attached hydrogen (secondary N) is 4. The van der Waals surface area contributed by atoms with Crippen LogP contribution in [0.4, 0.5) is 0 Å². The minimum atomic E-state index is -1.34. The highest BCUT2D eigenvalue weighted by Gasteiger charge is 2.35. The lowest BCUT2D eigenvalue weighted by Crippen LogP contribution is -2.47. The fourth-order valence-corrected chi connectivity index (χ4v) is 13.1. The first-order valence-corrected chi connectivity index (χ1v) is 27.5. The first-order valence-electron chi connectivity index (χ1n) is 22.4. The number of thiazole rings is 6. The molecule has 0 aliphatic carbocycles. The zero-order valence-corrected chi connectivity index (χ0v) is 44.3. The molecule has 0 saturated carbocycles. The summed E-state index contributed by atoms with van der Waals surface area (Å²) in [6.45, 7) is 4.91. The number of hydrazine groups is 1. The molecule has 7 aromatic heterocycles. The quantitative estimate of drug-likeness (QED) is 0.0667. The van der Waals surface area contributed by atoms with E-state index in [0.717, 1.165) is 16.3 Å². The van der Waals surface area contributed by atoms with Gasteiger partial charge >= 0.3 is 0 Å². The molecule has 9 rings (SSSR count). The first-order chi connectivity index (χ1) is 35.2. The van der Waals surface area contributed by atoms with Crippen molar-refractivity contribution in [2.24, 2.45) is 11.8 Å². The number of aromatic nitrogens is 7. The van der Waals surface area contributed by atoms with Crippen molar-refractivity contribution >= 4 is 97.6 Å². The largest absolute Gasteiger partial charge is 0.386 e. The molecule has 1 aromatic carbocycles. The maximum atomic E-state index is 14.2. The molecule has 20 nitrogen and oxygen atoms in total. The van der Waals surface area contributed by atoms with Crippen LogP contribution in [0.1, 0.15) is 106 Å². The van der Waals surface area contributed by atoms with Gasteiger partial charge in [-0.25, -0.2) is 40.7 Å². The third kappa shape index (κ3) is 11.0. The molecule has 1 aliphatic rings. The van der Waals surface area contributed by atoms with Crippen LogP contribution in [0.5, 0.6) is 0 Å². The van der Waals surface area contributed by atoms with E-state index < -0.39 is 54.4 Å². The Balaban J connectivity index is 1.14. The zero-order chi connectivity index (χ0) is 51.5. The van der Waals surface area contributed by atoms with Crippen LogP contribution in [-0.2, 0) is 20.9 Å². The van der Waals surface area contributed by atoms with Gasteiger partial charge in [0.25, 0.3) is 23.6 Å². The van der Waals surface area contributed by atoms with E-state index in [1.807, 2.05) is 36.7 Å². The van der Waals surface area contributed by atoms with Gasteiger partial charge in [-0.3, -0.25) is 29.0 Å². The highest BCUT2D eigenvalue weighted by molar-refractivity contribution is 7.15. The summed E-state index contributed by atoms with van der Waals surface area (Å²) >= 11 is 7.44. The second kappa shape index (κ2) is 22.2. The zero-order valence-electron chi connectivity index (χ0n) is 39.4. The van der Waals surface area contributed by atoms with Crippen LogP contribution in [0.25, 0.3) is 43.4 Å². The second-order valence-corrected chi connectivity index (χ2v) is 22.5. The molecular weight excluding hydrogens is 1050 g/mol. The Morgan fingerprint density at radius 2 is 1.53 bits per heavy atom. The summed E-state index contributed by atoms with van der Waals surface area (Å²) in [6, 6.07) is 9.52. The van der Waals surface area contributed by atoms with Gasteiger partial charge in [0.15, 0.2) is 0 Å². The predicted octanol–water partition coefficient (Wildman–Crippen LogP) is 6.90. The average Bonchev–Trinajstić information content (AvgIpc) is 4.26. The highest BCUT2D eigenvalue weighted by Crippen LogP contribution is 2.40. The van der Waals surface area contributed by atoms with Crippen molar-refractivity contribution in [3.63, 3.8) is 0 Å². The number of rotatable bonds is 8. The summed E-state index contributed by atoms with van der Waals surface area (Å²) in [5.74, 6) is 3.45. The second-order valence-electron chi connectivity index (χ2n) is 16.7. The number of benzene rings is 1. The molecule has 1 aliphatic heterocycles. The average molecular weight is 1100 g/mol. The fraction of sp³-hybridized carbons (Fsp3) is 0.277. The number of carbonyl (C=O) groups excluding carboxylic acids is 5. The van der Waals surface area contributed by atoms with E-state index in [9.17, 15) is 29.1 Å². The summed E-state index contributed by atoms with van der Waals surface area (Å²) in [6.07, 6.45) is 0.160. The molecule has 0 spiro atoms. The Kier molecular flexibility index (Phi) is 15.6. The molecule has 10 bridgehead atoms. The molecule has 26 heteroatoms. The number of aryl methyl sites for hydroxylation is 1. The number of ether oxygens (including phenoxy) is 1. The SMILES string of the molecule is CNC(=O)C[C@@H]1NC(=O)c2csc(n2)-c2ccc(-c3nccs3)nc2-c2csc(n2)-c2csc(n2)[C@H]([C@@H](O)c2ccccc2)N(N)C(=O)CNC(=O)c2nc(sc2COC)[C@H](C(C)C)NC(=O)c2nc1sc2C. The Labute approximate surface area is 441 Å². The molecule has 0 unspecified atom stereocenters. The number of carbonyl (C=O) groups is 5. The number of amides is 5. The number of pyridine rings is 1. The van der Waals surface area contributed by atoms with Gasteiger partial charge in [-0.1, -0.05) is 44.2 Å². The number of aliphatic hydroxyl groups excluding tert-OH is 1. The smallest absolute Gasteiger partial charge is 0.271 e. The Bertz CT molecular complexity index is 3310. The van der Waals surface area contributed by atoms with Crippen LogP contribution >= 0.6 is 68.0 Å².